The van der Waals surface area contributed by atoms with Gasteiger partial charge in [-0.05, 0) is 37.5 Å². The van der Waals surface area contributed by atoms with Gasteiger partial charge in [-0.1, -0.05) is 62.4 Å². The molecular weight excluding hydrogens is 588 g/mol. The number of rotatable bonds is 14. The summed E-state index contributed by atoms with van der Waals surface area (Å²) in [5, 5.41) is 10.4. The Labute approximate surface area is 270 Å². The van der Waals surface area contributed by atoms with E-state index in [0.717, 1.165) is 29.7 Å². The maximum atomic E-state index is 13.3. The number of hydrogen-bond donors (Lipinski definition) is 4. The lowest BCUT2D eigenvalue weighted by atomic mass is 9.98. The summed E-state index contributed by atoms with van der Waals surface area (Å²) >= 11 is 0. The Kier molecular flexibility index (Phi) is 13.0. The molecule has 1 heterocycles. The lowest BCUT2D eigenvalue weighted by Crippen LogP contribution is -2.59. The number of nitrogens with zero attached hydrogens (tertiary/aromatic N) is 2. The van der Waals surface area contributed by atoms with Gasteiger partial charge in [-0.25, -0.2) is 0 Å². The van der Waals surface area contributed by atoms with E-state index in [2.05, 4.69) is 35.2 Å². The van der Waals surface area contributed by atoms with Crippen LogP contribution in [0.1, 0.15) is 43.6 Å². The zero-order chi connectivity index (χ0) is 33.9. The van der Waals surface area contributed by atoms with E-state index in [1.165, 1.54) is 6.92 Å². The third kappa shape index (κ3) is 10.2. The van der Waals surface area contributed by atoms with Gasteiger partial charge in [0.1, 0.15) is 12.1 Å². The predicted octanol–water partition coefficient (Wildman–Crippen LogP) is 0.667. The highest BCUT2D eigenvalue weighted by atomic mass is 16.2. The summed E-state index contributed by atoms with van der Waals surface area (Å²) in [6.07, 6.45) is 0.181. The van der Waals surface area contributed by atoms with Crippen LogP contribution in [0.4, 0.5) is 0 Å². The van der Waals surface area contributed by atoms with Gasteiger partial charge in [0.2, 0.25) is 23.5 Å². The van der Waals surface area contributed by atoms with Crippen molar-refractivity contribution in [2.24, 2.45) is 5.92 Å². The van der Waals surface area contributed by atoms with Gasteiger partial charge in [-0.15, -0.1) is 0 Å². The number of ketones is 1. The Hall–Kier alpha value is -4.58. The molecule has 0 radical (unpaired) electrons. The van der Waals surface area contributed by atoms with Gasteiger partial charge in [-0.3, -0.25) is 28.8 Å². The molecule has 12 heteroatoms. The lowest BCUT2D eigenvalue weighted by molar-refractivity contribution is -0.911. The minimum atomic E-state index is -1.18. The van der Waals surface area contributed by atoms with E-state index in [-0.39, 0.29) is 18.9 Å². The van der Waals surface area contributed by atoms with Gasteiger partial charge in [0.15, 0.2) is 0 Å². The first-order chi connectivity index (χ1) is 21.8. The van der Waals surface area contributed by atoms with Crippen molar-refractivity contribution in [2.75, 3.05) is 46.3 Å². The zero-order valence-corrected chi connectivity index (χ0v) is 27.4. The van der Waals surface area contributed by atoms with Crippen molar-refractivity contribution in [1.29, 1.82) is 0 Å². The highest BCUT2D eigenvalue weighted by Crippen LogP contribution is 2.10. The van der Waals surface area contributed by atoms with Crippen molar-refractivity contribution in [2.45, 2.75) is 52.2 Å². The van der Waals surface area contributed by atoms with Crippen LogP contribution in [0.15, 0.2) is 60.7 Å². The Morgan fingerprint density at radius 3 is 1.96 bits per heavy atom. The number of benzene rings is 2. The van der Waals surface area contributed by atoms with E-state index in [0.29, 0.717) is 18.7 Å². The molecule has 0 spiro atoms. The Balaban J connectivity index is 1.58. The summed E-state index contributed by atoms with van der Waals surface area (Å²) in [5.41, 5.74) is 1.19. The molecular formula is C34H47N6O6+. The van der Waals surface area contributed by atoms with Crippen LogP contribution >= 0.6 is 0 Å². The molecule has 2 aromatic carbocycles. The van der Waals surface area contributed by atoms with Crippen molar-refractivity contribution in [1.82, 2.24) is 26.2 Å². The first-order valence-corrected chi connectivity index (χ1v) is 15.8. The molecule has 12 nitrogen and oxygen atoms in total. The first-order valence-electron chi connectivity index (χ1n) is 15.8. The number of piperazine rings is 1. The summed E-state index contributed by atoms with van der Waals surface area (Å²) in [5.74, 6) is -4.29. The van der Waals surface area contributed by atoms with E-state index in [1.54, 1.807) is 49.1 Å². The van der Waals surface area contributed by atoms with E-state index in [9.17, 15) is 28.8 Å². The molecule has 1 aliphatic heterocycles. The molecule has 0 aromatic heterocycles. The highest BCUT2D eigenvalue weighted by Gasteiger charge is 2.33. The van der Waals surface area contributed by atoms with Crippen LogP contribution in [0.2, 0.25) is 0 Å². The van der Waals surface area contributed by atoms with Crippen molar-refractivity contribution in [3.63, 3.8) is 0 Å². The maximum absolute atomic E-state index is 13.3. The molecule has 1 saturated heterocycles. The van der Waals surface area contributed by atoms with E-state index >= 15 is 0 Å². The van der Waals surface area contributed by atoms with E-state index in [4.69, 9.17) is 0 Å². The number of nitrogens with one attached hydrogen (secondary N) is 4. The minimum Gasteiger partial charge on any atom is -0.344 e. The number of amides is 5. The van der Waals surface area contributed by atoms with Gasteiger partial charge in [-0.2, -0.15) is 0 Å². The van der Waals surface area contributed by atoms with Crippen LogP contribution < -0.4 is 21.3 Å². The number of quaternary nitrogens is 1. The molecule has 0 aliphatic carbocycles. The monoisotopic (exact) mass is 635 g/mol. The predicted molar refractivity (Wildman–Crippen MR) is 173 cm³/mol. The number of carbonyl (C=O) groups excluding carboxylic acids is 6. The quantitative estimate of drug-likeness (QED) is 0.177. The summed E-state index contributed by atoms with van der Waals surface area (Å²) in [7, 11) is 2.14. The Morgan fingerprint density at radius 1 is 0.804 bits per heavy atom. The molecule has 4 N–H and O–H groups in total. The van der Waals surface area contributed by atoms with Crippen LogP contribution in [0.5, 0.6) is 0 Å². The third-order valence-electron chi connectivity index (χ3n) is 8.50. The Bertz CT molecular complexity index is 1380. The van der Waals surface area contributed by atoms with Gasteiger partial charge in [0.25, 0.3) is 11.8 Å². The van der Waals surface area contributed by atoms with Gasteiger partial charge < -0.3 is 30.7 Å². The van der Waals surface area contributed by atoms with Crippen LogP contribution in [0, 0.1) is 5.92 Å². The topological polar surface area (TPSA) is 154 Å². The molecule has 0 saturated carbocycles. The Morgan fingerprint density at radius 2 is 1.39 bits per heavy atom. The fourth-order valence-electron chi connectivity index (χ4n) is 5.09. The molecule has 0 bridgehead atoms. The van der Waals surface area contributed by atoms with Gasteiger partial charge in [0.05, 0.1) is 52.4 Å². The van der Waals surface area contributed by atoms with Crippen molar-refractivity contribution >= 4 is 35.3 Å². The second-order valence-corrected chi connectivity index (χ2v) is 12.4. The second-order valence-electron chi connectivity index (χ2n) is 12.4. The molecule has 248 valence electrons. The van der Waals surface area contributed by atoms with Crippen LogP contribution in [-0.4, -0.2) is 109 Å². The first kappa shape index (κ1) is 35.9. The molecule has 2 aromatic rings. The SMILES string of the molecule is CC[N+]1(C)CCN(C(=O)CNC(=O)C(=O)C(NC(=O)C(C)NC(=O)C(Cc2ccccc2)NC(=O)c2ccccc2)C(C)C)CC1. The number of Topliss-reactive ketones (excluding diaryl/α,β-unsaturated/α-hetero) is 1. The average Bonchev–Trinajstić information content (AvgIpc) is 3.06. The number of carbonyl (C=O) groups is 6. The smallest absolute Gasteiger partial charge is 0.290 e. The lowest BCUT2D eigenvalue weighted by Gasteiger charge is -2.41. The molecule has 3 unspecified atom stereocenters. The summed E-state index contributed by atoms with van der Waals surface area (Å²) in [6.45, 7) is 10.3. The summed E-state index contributed by atoms with van der Waals surface area (Å²) in [4.78, 5) is 79.5. The number of likely N-dealkylation sites (N-methyl/N-ethyl adjacent to an activating group) is 1. The standard InChI is InChI=1S/C34H46N6O6/c1-6-40(5)19-17-39(18-20-40)28(41)22-35-34(46)30(42)29(23(2)3)38-31(43)24(4)36-33(45)27(21-25-13-9-7-10-14-25)37-32(44)26-15-11-8-12-16-26/h7-16,23-24,27,29H,6,17-22H2,1-5H3,(H3-,35,36,37,38,43,44,45,46)/p+1. The maximum Gasteiger partial charge on any atom is 0.290 e. The molecule has 46 heavy (non-hydrogen) atoms. The average molecular weight is 636 g/mol. The van der Waals surface area contributed by atoms with Crippen LogP contribution in [0.3, 0.4) is 0 Å². The van der Waals surface area contributed by atoms with Crippen molar-refractivity contribution < 1.29 is 33.3 Å². The van der Waals surface area contributed by atoms with Crippen molar-refractivity contribution in [3.05, 3.63) is 71.8 Å². The van der Waals surface area contributed by atoms with E-state index in [1.807, 2.05) is 30.3 Å². The minimum absolute atomic E-state index is 0.181. The van der Waals surface area contributed by atoms with Gasteiger partial charge >= 0.3 is 0 Å². The fraction of sp³-hybridized carbons (Fsp3) is 0.471. The zero-order valence-electron chi connectivity index (χ0n) is 27.4. The molecule has 3 atom stereocenters. The third-order valence-corrected chi connectivity index (χ3v) is 8.50. The van der Waals surface area contributed by atoms with Crippen LogP contribution in [-0.2, 0) is 30.4 Å². The summed E-state index contributed by atoms with van der Waals surface area (Å²) in [6, 6.07) is 14.3. The highest BCUT2D eigenvalue weighted by molar-refractivity contribution is 6.38. The van der Waals surface area contributed by atoms with Crippen molar-refractivity contribution in [3.8, 4) is 0 Å². The fourth-order valence-corrected chi connectivity index (χ4v) is 5.09. The summed E-state index contributed by atoms with van der Waals surface area (Å²) < 4.78 is 0.874. The molecule has 3 rings (SSSR count). The van der Waals surface area contributed by atoms with Crippen LogP contribution in [0.25, 0.3) is 0 Å². The largest absolute Gasteiger partial charge is 0.344 e. The molecule has 1 aliphatic rings. The van der Waals surface area contributed by atoms with E-state index < -0.39 is 53.5 Å². The second kappa shape index (κ2) is 16.6. The molecule has 1 fully saturated rings. The molecule has 5 amide bonds. The number of hydrogen-bond acceptors (Lipinski definition) is 6. The normalized spacial score (nSPS) is 16.0. The van der Waals surface area contributed by atoms with Gasteiger partial charge in [0, 0.05) is 12.0 Å².